The molecule has 192 valence electrons. The maximum atomic E-state index is 14.8. The van der Waals surface area contributed by atoms with Gasteiger partial charge in [0.15, 0.2) is 0 Å². The normalized spacial score (nSPS) is 13.1. The number of hydrogen-bond acceptors (Lipinski definition) is 7. The summed E-state index contributed by atoms with van der Waals surface area (Å²) in [5.41, 5.74) is 2.57. The molecule has 3 heterocycles. The fourth-order valence-corrected chi connectivity index (χ4v) is 4.31. The summed E-state index contributed by atoms with van der Waals surface area (Å²) in [6.07, 6.45) is 4.83. The molecule has 1 saturated carbocycles. The highest BCUT2D eigenvalue weighted by molar-refractivity contribution is 5.70. The third-order valence-corrected chi connectivity index (χ3v) is 6.08. The second-order valence-corrected chi connectivity index (χ2v) is 8.78. The smallest absolute Gasteiger partial charge is 0.325 e. The van der Waals surface area contributed by atoms with Crippen molar-refractivity contribution in [3.05, 3.63) is 65.2 Å². The van der Waals surface area contributed by atoms with E-state index in [4.69, 9.17) is 9.84 Å². The summed E-state index contributed by atoms with van der Waals surface area (Å²) in [4.78, 5) is 19.5. The van der Waals surface area contributed by atoms with E-state index in [1.807, 2.05) is 6.92 Å². The van der Waals surface area contributed by atoms with Crippen molar-refractivity contribution in [2.75, 3.05) is 11.9 Å². The van der Waals surface area contributed by atoms with Gasteiger partial charge >= 0.3 is 5.97 Å². The Morgan fingerprint density at radius 3 is 2.57 bits per heavy atom. The Kier molecular flexibility index (Phi) is 6.55. The van der Waals surface area contributed by atoms with Crippen LogP contribution < -0.4 is 10.1 Å². The van der Waals surface area contributed by atoms with Gasteiger partial charge in [0, 0.05) is 47.1 Å². The van der Waals surface area contributed by atoms with Gasteiger partial charge < -0.3 is 15.2 Å². The molecular formula is C25H25F2N7O3. The van der Waals surface area contributed by atoms with Gasteiger partial charge in [0.1, 0.15) is 53.3 Å². The molecule has 4 aromatic rings. The zero-order valence-corrected chi connectivity index (χ0v) is 20.3. The highest BCUT2D eigenvalue weighted by Gasteiger charge is 2.32. The standard InChI is InChI=1S/C25H25F2N7O3/c1-3-37-16-8-18(26)17(19(27)9-16)11-34-25(15-4-5-15)14(2)24(32-34)20-10-22(33(31-20)12-23(35)36)30-21-6-7-28-13-29-21/h6-10,13,15H,3-5,11-12H2,1-2H3,(H,35,36)(H,28,29,30). The predicted molar refractivity (Wildman–Crippen MR) is 130 cm³/mol. The first-order chi connectivity index (χ1) is 17.8. The van der Waals surface area contributed by atoms with Gasteiger partial charge in [0.25, 0.3) is 0 Å². The maximum Gasteiger partial charge on any atom is 0.325 e. The van der Waals surface area contributed by atoms with Crippen molar-refractivity contribution in [2.45, 2.75) is 45.7 Å². The molecular weight excluding hydrogens is 484 g/mol. The molecule has 1 aromatic carbocycles. The van der Waals surface area contributed by atoms with Crippen molar-refractivity contribution >= 4 is 17.6 Å². The molecule has 10 nitrogen and oxygen atoms in total. The predicted octanol–water partition coefficient (Wildman–Crippen LogP) is 4.28. The van der Waals surface area contributed by atoms with E-state index in [-0.39, 0.29) is 30.3 Å². The third-order valence-electron chi connectivity index (χ3n) is 6.08. The van der Waals surface area contributed by atoms with E-state index in [1.165, 1.54) is 23.1 Å². The van der Waals surface area contributed by atoms with Crippen LogP contribution in [0.4, 0.5) is 20.4 Å². The molecule has 0 atom stereocenters. The van der Waals surface area contributed by atoms with Gasteiger partial charge in [-0.1, -0.05) is 0 Å². The molecule has 0 radical (unpaired) electrons. The molecule has 5 rings (SSSR count). The molecule has 0 saturated heterocycles. The number of carboxylic acids is 1. The largest absolute Gasteiger partial charge is 0.494 e. The molecule has 0 unspecified atom stereocenters. The second kappa shape index (κ2) is 9.96. The quantitative estimate of drug-likeness (QED) is 0.325. The molecule has 3 aromatic heterocycles. The SMILES string of the molecule is CCOc1cc(F)c(Cn2nc(-c3cc(Nc4ccncn4)n(CC(=O)O)n3)c(C)c2C2CC2)c(F)c1. The molecule has 1 aliphatic carbocycles. The van der Waals surface area contributed by atoms with E-state index in [0.29, 0.717) is 29.6 Å². The number of nitrogens with one attached hydrogen (secondary N) is 1. The van der Waals surface area contributed by atoms with Gasteiger partial charge in [-0.2, -0.15) is 10.2 Å². The number of halogens is 2. The Hall–Kier alpha value is -4.35. The first-order valence-corrected chi connectivity index (χ1v) is 11.8. The minimum atomic E-state index is -1.07. The molecule has 37 heavy (non-hydrogen) atoms. The van der Waals surface area contributed by atoms with Crippen LogP contribution in [-0.4, -0.2) is 47.2 Å². The number of aromatic nitrogens is 6. The van der Waals surface area contributed by atoms with Gasteiger partial charge in [-0.15, -0.1) is 0 Å². The van der Waals surface area contributed by atoms with Gasteiger partial charge in [0.2, 0.25) is 0 Å². The Morgan fingerprint density at radius 1 is 1.19 bits per heavy atom. The number of hydrogen-bond donors (Lipinski definition) is 2. The topological polar surface area (TPSA) is 120 Å². The van der Waals surface area contributed by atoms with Crippen LogP contribution in [0.1, 0.15) is 42.5 Å². The first kappa shape index (κ1) is 24.3. The second-order valence-electron chi connectivity index (χ2n) is 8.78. The zero-order valence-electron chi connectivity index (χ0n) is 20.3. The first-order valence-electron chi connectivity index (χ1n) is 11.8. The third kappa shape index (κ3) is 5.13. The average molecular weight is 510 g/mol. The summed E-state index contributed by atoms with van der Waals surface area (Å²) in [5.74, 6) is -1.24. The summed E-state index contributed by atoms with van der Waals surface area (Å²) < 4.78 is 37.8. The zero-order chi connectivity index (χ0) is 26.1. The number of benzene rings is 1. The van der Waals surface area contributed by atoms with E-state index >= 15 is 0 Å². The lowest BCUT2D eigenvalue weighted by Gasteiger charge is -2.11. The lowest BCUT2D eigenvalue weighted by molar-refractivity contribution is -0.137. The Bertz CT molecular complexity index is 1430. The summed E-state index contributed by atoms with van der Waals surface area (Å²) >= 11 is 0. The van der Waals surface area contributed by atoms with E-state index in [0.717, 1.165) is 24.1 Å². The number of carbonyl (C=O) groups is 1. The molecule has 0 aliphatic heterocycles. The van der Waals surface area contributed by atoms with Crippen molar-refractivity contribution in [3.8, 4) is 17.1 Å². The highest BCUT2D eigenvalue weighted by Crippen LogP contribution is 2.44. The number of anilines is 2. The van der Waals surface area contributed by atoms with Crippen LogP contribution in [-0.2, 0) is 17.9 Å². The molecule has 2 N–H and O–H groups in total. The number of carboxylic acid groups (broad SMARTS) is 1. The van der Waals surface area contributed by atoms with Crippen molar-refractivity contribution < 1.29 is 23.4 Å². The average Bonchev–Trinajstić information content (AvgIpc) is 3.53. The van der Waals surface area contributed by atoms with Crippen molar-refractivity contribution in [1.82, 2.24) is 29.5 Å². The monoisotopic (exact) mass is 509 g/mol. The van der Waals surface area contributed by atoms with Gasteiger partial charge in [-0.05, 0) is 32.8 Å². The number of rotatable bonds is 10. The van der Waals surface area contributed by atoms with Gasteiger partial charge in [-0.3, -0.25) is 9.48 Å². The van der Waals surface area contributed by atoms with Crippen LogP contribution in [0.2, 0.25) is 0 Å². The fraction of sp³-hybridized carbons (Fsp3) is 0.320. The number of ether oxygens (including phenoxy) is 1. The number of nitrogens with zero attached hydrogens (tertiary/aromatic N) is 6. The number of aliphatic carboxylic acids is 1. The van der Waals surface area contributed by atoms with Crippen LogP contribution in [0, 0.1) is 18.6 Å². The van der Waals surface area contributed by atoms with Gasteiger partial charge in [-0.25, -0.2) is 23.4 Å². The Labute approximate surface area is 210 Å². The Balaban J connectivity index is 1.53. The van der Waals surface area contributed by atoms with E-state index in [1.54, 1.807) is 29.9 Å². The van der Waals surface area contributed by atoms with Crippen molar-refractivity contribution in [2.24, 2.45) is 0 Å². The molecule has 12 heteroatoms. The maximum absolute atomic E-state index is 14.8. The minimum absolute atomic E-state index is 0.0986. The Morgan fingerprint density at radius 2 is 1.95 bits per heavy atom. The molecule has 1 aliphatic rings. The van der Waals surface area contributed by atoms with E-state index < -0.39 is 17.6 Å². The van der Waals surface area contributed by atoms with Crippen molar-refractivity contribution in [3.63, 3.8) is 0 Å². The van der Waals surface area contributed by atoms with Crippen LogP contribution in [0.5, 0.6) is 5.75 Å². The fourth-order valence-electron chi connectivity index (χ4n) is 4.31. The summed E-state index contributed by atoms with van der Waals surface area (Å²) in [6.45, 7) is 3.45. The van der Waals surface area contributed by atoms with Crippen LogP contribution in [0.3, 0.4) is 0 Å². The van der Waals surface area contributed by atoms with Crippen LogP contribution in [0.15, 0.2) is 36.8 Å². The molecule has 0 spiro atoms. The van der Waals surface area contributed by atoms with Crippen molar-refractivity contribution in [1.29, 1.82) is 0 Å². The van der Waals surface area contributed by atoms with E-state index in [9.17, 15) is 18.7 Å². The molecule has 0 bridgehead atoms. The summed E-state index contributed by atoms with van der Waals surface area (Å²) in [5, 5.41) is 21.6. The summed E-state index contributed by atoms with van der Waals surface area (Å²) in [6, 6.07) is 5.67. The molecule has 0 amide bonds. The van der Waals surface area contributed by atoms with E-state index in [2.05, 4.69) is 20.4 Å². The molecule has 1 fully saturated rings. The van der Waals surface area contributed by atoms with Crippen LogP contribution >= 0.6 is 0 Å². The lowest BCUT2D eigenvalue weighted by Crippen LogP contribution is -2.12. The summed E-state index contributed by atoms with van der Waals surface area (Å²) in [7, 11) is 0. The minimum Gasteiger partial charge on any atom is -0.494 e. The van der Waals surface area contributed by atoms with Crippen LogP contribution in [0.25, 0.3) is 11.4 Å². The highest BCUT2D eigenvalue weighted by atomic mass is 19.1. The lowest BCUT2D eigenvalue weighted by atomic mass is 10.1. The van der Waals surface area contributed by atoms with Gasteiger partial charge in [0.05, 0.1) is 13.2 Å².